The van der Waals surface area contributed by atoms with Crippen molar-refractivity contribution in [2.24, 2.45) is 0 Å². The number of aromatic nitrogens is 1. The van der Waals surface area contributed by atoms with Crippen molar-refractivity contribution in [2.75, 3.05) is 0 Å². The number of pyridine rings is 1. The third-order valence-corrected chi connectivity index (χ3v) is 4.37. The zero-order chi connectivity index (χ0) is 14.9. The van der Waals surface area contributed by atoms with Crippen molar-refractivity contribution >= 4 is 22.6 Å². The van der Waals surface area contributed by atoms with Crippen LogP contribution in [-0.4, -0.2) is 4.98 Å². The van der Waals surface area contributed by atoms with E-state index in [4.69, 9.17) is 5.41 Å². The summed E-state index contributed by atoms with van der Waals surface area (Å²) in [7, 11) is 0. The Morgan fingerprint density at radius 3 is 2.55 bits per heavy atom. The van der Waals surface area contributed by atoms with Crippen LogP contribution in [0.25, 0.3) is 22.6 Å². The Kier molecular flexibility index (Phi) is 3.15. The van der Waals surface area contributed by atoms with Gasteiger partial charge in [-0.2, -0.15) is 0 Å². The number of nitrogens with one attached hydrogen (secondary N) is 2. The molecule has 0 aliphatic heterocycles. The molecule has 108 valence electrons. The van der Waals surface area contributed by atoms with E-state index >= 15 is 0 Å². The minimum Gasteiger partial charge on any atom is -0.358 e. The number of para-hydroxylation sites is 1. The highest BCUT2D eigenvalue weighted by Gasteiger charge is 2.18. The van der Waals surface area contributed by atoms with Crippen molar-refractivity contribution in [1.29, 1.82) is 5.41 Å². The van der Waals surface area contributed by atoms with Crippen LogP contribution >= 0.6 is 0 Å². The van der Waals surface area contributed by atoms with Crippen LogP contribution in [0, 0.1) is 5.41 Å². The summed E-state index contributed by atoms with van der Waals surface area (Å²) in [6.07, 6.45) is 5.44. The van der Waals surface area contributed by atoms with Gasteiger partial charge in [0.25, 0.3) is 0 Å². The average Bonchev–Trinajstić information content (AvgIpc) is 2.56. The van der Waals surface area contributed by atoms with Crippen molar-refractivity contribution < 1.29 is 0 Å². The van der Waals surface area contributed by atoms with Crippen LogP contribution in [0.3, 0.4) is 0 Å². The summed E-state index contributed by atoms with van der Waals surface area (Å²) < 4.78 is 0. The van der Waals surface area contributed by atoms with E-state index in [2.05, 4.69) is 41.4 Å². The molecule has 2 heteroatoms. The highest BCUT2D eigenvalue weighted by molar-refractivity contribution is 5.88. The maximum absolute atomic E-state index is 8.65. The summed E-state index contributed by atoms with van der Waals surface area (Å²) in [6.45, 7) is 0. The molecule has 4 rings (SSSR count). The molecule has 0 saturated heterocycles. The highest BCUT2D eigenvalue weighted by Crippen LogP contribution is 2.30. The van der Waals surface area contributed by atoms with Crippen LogP contribution in [0.1, 0.15) is 29.7 Å². The first kappa shape index (κ1) is 13.1. The van der Waals surface area contributed by atoms with E-state index in [1.807, 2.05) is 24.3 Å². The lowest BCUT2D eigenvalue weighted by Crippen LogP contribution is -2.18. The number of aryl methyl sites for hydroxylation is 1. The fourth-order valence-electron chi connectivity index (χ4n) is 3.34. The predicted octanol–water partition coefficient (Wildman–Crippen LogP) is 4.52. The monoisotopic (exact) mass is 286 g/mol. The molecule has 0 amide bonds. The van der Waals surface area contributed by atoms with E-state index in [0.29, 0.717) is 5.36 Å². The van der Waals surface area contributed by atoms with Gasteiger partial charge in [0, 0.05) is 22.2 Å². The van der Waals surface area contributed by atoms with Gasteiger partial charge in [-0.25, -0.2) is 0 Å². The summed E-state index contributed by atoms with van der Waals surface area (Å²) in [5.41, 5.74) is 5.86. The second-order valence-corrected chi connectivity index (χ2v) is 5.83. The molecule has 0 fully saturated rings. The van der Waals surface area contributed by atoms with E-state index in [0.717, 1.165) is 35.7 Å². The quantitative estimate of drug-likeness (QED) is 0.660. The van der Waals surface area contributed by atoms with Crippen molar-refractivity contribution in [1.82, 2.24) is 4.98 Å². The van der Waals surface area contributed by atoms with E-state index in [1.165, 1.54) is 16.8 Å². The molecule has 0 radical (unpaired) electrons. The third kappa shape index (κ3) is 2.17. The fraction of sp³-hybridized carbons (Fsp3) is 0.150. The van der Waals surface area contributed by atoms with E-state index in [-0.39, 0.29) is 0 Å². The Morgan fingerprint density at radius 1 is 0.909 bits per heavy atom. The van der Waals surface area contributed by atoms with Gasteiger partial charge in [-0.1, -0.05) is 54.6 Å². The molecule has 1 aliphatic rings. The maximum atomic E-state index is 8.65. The summed E-state index contributed by atoms with van der Waals surface area (Å²) in [5, 5.41) is 10.3. The first-order valence-corrected chi connectivity index (χ1v) is 7.77. The smallest absolute Gasteiger partial charge is 0.0725 e. The van der Waals surface area contributed by atoms with Gasteiger partial charge in [0.2, 0.25) is 0 Å². The van der Waals surface area contributed by atoms with Crippen molar-refractivity contribution in [3.8, 4) is 0 Å². The number of hydrogen-bond acceptors (Lipinski definition) is 1. The minimum atomic E-state index is 0.659. The van der Waals surface area contributed by atoms with Crippen molar-refractivity contribution in [2.45, 2.75) is 19.3 Å². The van der Waals surface area contributed by atoms with Gasteiger partial charge < -0.3 is 4.98 Å². The third-order valence-electron chi connectivity index (χ3n) is 4.37. The van der Waals surface area contributed by atoms with Gasteiger partial charge in [0.05, 0.1) is 5.36 Å². The summed E-state index contributed by atoms with van der Waals surface area (Å²) in [5.74, 6) is 0. The number of aromatic amines is 1. The molecule has 0 bridgehead atoms. The van der Waals surface area contributed by atoms with E-state index in [9.17, 15) is 0 Å². The molecule has 0 spiro atoms. The van der Waals surface area contributed by atoms with Crippen LogP contribution in [-0.2, 0) is 6.42 Å². The molecule has 0 unspecified atom stereocenters. The Labute approximate surface area is 129 Å². The Bertz CT molecular complexity index is 917. The maximum Gasteiger partial charge on any atom is 0.0725 e. The number of H-pyrrole nitrogens is 1. The number of allylic oxidation sites excluding steroid dienone is 1. The van der Waals surface area contributed by atoms with Gasteiger partial charge in [0.1, 0.15) is 0 Å². The summed E-state index contributed by atoms with van der Waals surface area (Å²) >= 11 is 0. The van der Waals surface area contributed by atoms with Gasteiger partial charge >= 0.3 is 0 Å². The molecular formula is C20H18N2. The fourth-order valence-corrected chi connectivity index (χ4v) is 3.34. The summed E-state index contributed by atoms with van der Waals surface area (Å²) in [4.78, 5) is 3.54. The van der Waals surface area contributed by atoms with Crippen LogP contribution in [0.2, 0.25) is 0 Å². The lowest BCUT2D eigenvalue weighted by atomic mass is 9.88. The molecule has 2 aromatic carbocycles. The Morgan fingerprint density at radius 2 is 1.68 bits per heavy atom. The van der Waals surface area contributed by atoms with Gasteiger partial charge in [-0.15, -0.1) is 0 Å². The molecule has 1 aliphatic carbocycles. The van der Waals surface area contributed by atoms with Gasteiger partial charge in [-0.05, 0) is 36.5 Å². The highest BCUT2D eigenvalue weighted by atomic mass is 14.7. The molecule has 1 heterocycles. The van der Waals surface area contributed by atoms with Crippen molar-refractivity contribution in [3.05, 3.63) is 76.8 Å². The lowest BCUT2D eigenvalue weighted by Gasteiger charge is -2.20. The van der Waals surface area contributed by atoms with Crippen molar-refractivity contribution in [3.63, 3.8) is 0 Å². The van der Waals surface area contributed by atoms with Crippen LogP contribution < -0.4 is 5.36 Å². The Balaban J connectivity index is 1.96. The zero-order valence-electron chi connectivity index (χ0n) is 12.4. The number of benzene rings is 2. The first-order valence-electron chi connectivity index (χ1n) is 7.77. The predicted molar refractivity (Wildman–Crippen MR) is 91.4 cm³/mol. The largest absolute Gasteiger partial charge is 0.358 e. The molecule has 2 N–H and O–H groups in total. The molecule has 2 nitrogen and oxygen atoms in total. The Hall–Kier alpha value is -2.61. The number of rotatable bonds is 1. The SMILES string of the molecule is N=c1c2c([nH]c3ccccc13)CCCC2=Cc1ccccc1. The molecule has 22 heavy (non-hydrogen) atoms. The van der Waals surface area contributed by atoms with Crippen LogP contribution in [0.5, 0.6) is 0 Å². The van der Waals surface area contributed by atoms with Crippen LogP contribution in [0.15, 0.2) is 54.6 Å². The normalized spacial score (nSPS) is 15.9. The van der Waals surface area contributed by atoms with Gasteiger partial charge in [-0.3, -0.25) is 5.41 Å². The average molecular weight is 286 g/mol. The standard InChI is InChI=1S/C20H18N2/c21-20-16-10-4-5-11-17(16)22-18-12-6-9-15(19(18)20)13-14-7-2-1-3-8-14/h1-5,7-8,10-11,13H,6,9,12H2,(H2,21,22). The van der Waals surface area contributed by atoms with Gasteiger partial charge in [0.15, 0.2) is 0 Å². The van der Waals surface area contributed by atoms with Crippen LogP contribution in [0.4, 0.5) is 0 Å². The zero-order valence-corrected chi connectivity index (χ0v) is 12.4. The van der Waals surface area contributed by atoms with E-state index < -0.39 is 0 Å². The second kappa shape index (κ2) is 5.30. The molecule has 0 saturated carbocycles. The molecular weight excluding hydrogens is 268 g/mol. The lowest BCUT2D eigenvalue weighted by molar-refractivity contribution is 0.795. The minimum absolute atomic E-state index is 0.659. The molecule has 3 aromatic rings. The first-order chi connectivity index (χ1) is 10.8. The number of fused-ring (bicyclic) bond motifs is 2. The molecule has 1 aromatic heterocycles. The second-order valence-electron chi connectivity index (χ2n) is 5.83. The number of hydrogen-bond donors (Lipinski definition) is 2. The topological polar surface area (TPSA) is 39.6 Å². The molecule has 0 atom stereocenters. The summed E-state index contributed by atoms with van der Waals surface area (Å²) in [6, 6.07) is 18.5. The van der Waals surface area contributed by atoms with E-state index in [1.54, 1.807) is 0 Å².